The fourth-order valence-electron chi connectivity index (χ4n) is 2.17. The van der Waals surface area contributed by atoms with Crippen molar-refractivity contribution >= 4 is 0 Å². The Morgan fingerprint density at radius 3 is 2.19 bits per heavy atom. The molecular weight excluding hydrogens is 266 g/mol. The molecule has 5 nitrogen and oxygen atoms in total. The molecule has 2 aromatic rings. The molecule has 1 atom stereocenters. The third-order valence-electron chi connectivity index (χ3n) is 3.18. The van der Waals surface area contributed by atoms with Crippen LogP contribution in [-0.2, 0) is 6.42 Å². The van der Waals surface area contributed by atoms with Crippen LogP contribution < -0.4 is 14.8 Å². The Morgan fingerprint density at radius 1 is 1.05 bits per heavy atom. The van der Waals surface area contributed by atoms with Gasteiger partial charge < -0.3 is 14.8 Å². The largest absolute Gasteiger partial charge is 0.481 e. The maximum Gasteiger partial charge on any atom is 0.220 e. The minimum Gasteiger partial charge on any atom is -0.481 e. The van der Waals surface area contributed by atoms with Crippen LogP contribution in [0, 0.1) is 0 Å². The van der Waals surface area contributed by atoms with E-state index in [4.69, 9.17) is 9.47 Å². The molecule has 0 aliphatic heterocycles. The van der Waals surface area contributed by atoms with Crippen LogP contribution in [0.15, 0.2) is 36.4 Å². The highest BCUT2D eigenvalue weighted by Gasteiger charge is 2.14. The number of hydrogen-bond donors (Lipinski definition) is 1. The number of methoxy groups -OCH3 is 2. The number of likely N-dealkylation sites (N-methyl/N-ethyl adjacent to an activating group) is 1. The number of benzene rings is 1. The maximum atomic E-state index is 5.19. The van der Waals surface area contributed by atoms with E-state index < -0.39 is 0 Å². The first kappa shape index (κ1) is 15.3. The zero-order chi connectivity index (χ0) is 15.1. The molecule has 0 spiro atoms. The number of hydrogen-bond acceptors (Lipinski definition) is 5. The third kappa shape index (κ3) is 4.16. The van der Waals surface area contributed by atoms with Gasteiger partial charge in [0.15, 0.2) is 0 Å². The second-order valence-corrected chi connectivity index (χ2v) is 4.59. The molecule has 2 rings (SSSR count). The summed E-state index contributed by atoms with van der Waals surface area (Å²) in [6.45, 7) is 2.96. The predicted octanol–water partition coefficient (Wildman–Crippen LogP) is 2.39. The molecule has 0 bridgehead atoms. The maximum absolute atomic E-state index is 5.19. The van der Waals surface area contributed by atoms with E-state index in [2.05, 4.69) is 34.3 Å². The van der Waals surface area contributed by atoms with Gasteiger partial charge in [0, 0.05) is 12.5 Å². The Labute approximate surface area is 125 Å². The predicted molar refractivity (Wildman–Crippen MR) is 81.7 cm³/mol. The third-order valence-corrected chi connectivity index (χ3v) is 3.18. The molecule has 1 aromatic carbocycles. The highest BCUT2D eigenvalue weighted by Crippen LogP contribution is 2.20. The Balaban J connectivity index is 2.24. The van der Waals surface area contributed by atoms with Gasteiger partial charge in [-0.1, -0.05) is 37.3 Å². The highest BCUT2D eigenvalue weighted by molar-refractivity contribution is 5.24. The zero-order valence-electron chi connectivity index (χ0n) is 12.7. The van der Waals surface area contributed by atoms with E-state index >= 15 is 0 Å². The summed E-state index contributed by atoms with van der Waals surface area (Å²) in [7, 11) is 3.18. The Hall–Kier alpha value is -2.14. The lowest BCUT2D eigenvalue weighted by Crippen LogP contribution is -2.23. The smallest absolute Gasteiger partial charge is 0.220 e. The minimum absolute atomic E-state index is 0.160. The second kappa shape index (κ2) is 7.59. The van der Waals surface area contributed by atoms with E-state index in [9.17, 15) is 0 Å². The van der Waals surface area contributed by atoms with Gasteiger partial charge in [-0.2, -0.15) is 9.97 Å². The van der Waals surface area contributed by atoms with Crippen molar-refractivity contribution in [1.82, 2.24) is 15.3 Å². The molecule has 1 N–H and O–H groups in total. The Bertz CT molecular complexity index is 538. The quantitative estimate of drug-likeness (QED) is 0.847. The summed E-state index contributed by atoms with van der Waals surface area (Å²) in [5, 5.41) is 3.46. The zero-order valence-corrected chi connectivity index (χ0v) is 12.7. The first-order valence-electron chi connectivity index (χ1n) is 7.01. The molecule has 0 saturated carbocycles. The molecule has 0 amide bonds. The molecule has 0 fully saturated rings. The van der Waals surface area contributed by atoms with Crippen LogP contribution in [0.4, 0.5) is 0 Å². The lowest BCUT2D eigenvalue weighted by Gasteiger charge is -2.18. The van der Waals surface area contributed by atoms with Crippen molar-refractivity contribution in [3.05, 3.63) is 47.8 Å². The first-order valence-corrected chi connectivity index (χ1v) is 7.01. The molecule has 0 radical (unpaired) electrons. The average molecular weight is 287 g/mol. The molecule has 0 saturated heterocycles. The van der Waals surface area contributed by atoms with E-state index in [0.29, 0.717) is 24.0 Å². The summed E-state index contributed by atoms with van der Waals surface area (Å²) in [4.78, 5) is 8.79. The SMILES string of the molecule is CCNC(Cc1nc(OC)cc(OC)n1)c1ccccc1. The van der Waals surface area contributed by atoms with Gasteiger partial charge >= 0.3 is 0 Å². The van der Waals surface area contributed by atoms with Crippen LogP contribution in [0.3, 0.4) is 0 Å². The monoisotopic (exact) mass is 287 g/mol. The molecule has 5 heteroatoms. The molecule has 0 aliphatic rings. The fourth-order valence-corrected chi connectivity index (χ4v) is 2.17. The Morgan fingerprint density at radius 2 is 1.67 bits per heavy atom. The minimum atomic E-state index is 0.160. The fraction of sp³-hybridized carbons (Fsp3) is 0.375. The van der Waals surface area contributed by atoms with Gasteiger partial charge in [-0.05, 0) is 12.1 Å². The lowest BCUT2D eigenvalue weighted by molar-refractivity contribution is 0.366. The number of rotatable bonds is 7. The van der Waals surface area contributed by atoms with Crippen molar-refractivity contribution in [2.75, 3.05) is 20.8 Å². The molecule has 1 heterocycles. The van der Waals surface area contributed by atoms with Crippen LogP contribution in [-0.4, -0.2) is 30.7 Å². The van der Waals surface area contributed by atoms with E-state index in [0.717, 1.165) is 6.54 Å². The van der Waals surface area contributed by atoms with Crippen molar-refractivity contribution in [3.8, 4) is 11.8 Å². The topological polar surface area (TPSA) is 56.3 Å². The van der Waals surface area contributed by atoms with E-state index in [1.54, 1.807) is 20.3 Å². The Kier molecular flexibility index (Phi) is 5.51. The first-order chi connectivity index (χ1) is 10.3. The number of nitrogens with zero attached hydrogens (tertiary/aromatic N) is 2. The van der Waals surface area contributed by atoms with Gasteiger partial charge in [0.05, 0.1) is 20.3 Å². The summed E-state index contributed by atoms with van der Waals surface area (Å²) in [6, 6.07) is 12.1. The van der Waals surface area contributed by atoms with Gasteiger partial charge in [-0.25, -0.2) is 0 Å². The second-order valence-electron chi connectivity index (χ2n) is 4.59. The molecule has 21 heavy (non-hydrogen) atoms. The van der Waals surface area contributed by atoms with Crippen molar-refractivity contribution < 1.29 is 9.47 Å². The molecule has 1 unspecified atom stereocenters. The van der Waals surface area contributed by atoms with Gasteiger partial charge in [0.1, 0.15) is 5.82 Å². The summed E-state index contributed by atoms with van der Waals surface area (Å²) in [5.74, 6) is 1.72. The standard InChI is InChI=1S/C16H21N3O2/c1-4-17-13(12-8-6-5-7-9-12)10-14-18-15(20-2)11-16(19-14)21-3/h5-9,11,13,17H,4,10H2,1-3H3. The van der Waals surface area contributed by atoms with Crippen LogP contribution >= 0.6 is 0 Å². The average Bonchev–Trinajstić information content (AvgIpc) is 2.55. The molecule has 112 valence electrons. The van der Waals surface area contributed by atoms with Gasteiger partial charge in [-0.15, -0.1) is 0 Å². The molecular formula is C16H21N3O2. The van der Waals surface area contributed by atoms with Crippen molar-refractivity contribution in [2.24, 2.45) is 0 Å². The number of ether oxygens (including phenoxy) is 2. The van der Waals surface area contributed by atoms with Gasteiger partial charge in [-0.3, -0.25) is 0 Å². The van der Waals surface area contributed by atoms with E-state index in [1.165, 1.54) is 5.56 Å². The normalized spacial score (nSPS) is 12.0. The lowest BCUT2D eigenvalue weighted by atomic mass is 10.0. The summed E-state index contributed by atoms with van der Waals surface area (Å²) in [5.41, 5.74) is 1.21. The summed E-state index contributed by atoms with van der Waals surface area (Å²) >= 11 is 0. The number of aromatic nitrogens is 2. The summed E-state index contributed by atoms with van der Waals surface area (Å²) in [6.07, 6.45) is 0.672. The number of nitrogens with one attached hydrogen (secondary N) is 1. The van der Waals surface area contributed by atoms with E-state index in [-0.39, 0.29) is 6.04 Å². The highest BCUT2D eigenvalue weighted by atomic mass is 16.5. The van der Waals surface area contributed by atoms with Crippen molar-refractivity contribution in [2.45, 2.75) is 19.4 Å². The van der Waals surface area contributed by atoms with Crippen LogP contribution in [0.2, 0.25) is 0 Å². The van der Waals surface area contributed by atoms with Crippen molar-refractivity contribution in [3.63, 3.8) is 0 Å². The van der Waals surface area contributed by atoms with Crippen LogP contribution in [0.1, 0.15) is 24.4 Å². The van der Waals surface area contributed by atoms with Gasteiger partial charge in [0.2, 0.25) is 11.8 Å². The van der Waals surface area contributed by atoms with Gasteiger partial charge in [0.25, 0.3) is 0 Å². The van der Waals surface area contributed by atoms with Crippen LogP contribution in [0.25, 0.3) is 0 Å². The summed E-state index contributed by atoms with van der Waals surface area (Å²) < 4.78 is 10.4. The van der Waals surface area contributed by atoms with E-state index in [1.807, 2.05) is 18.2 Å². The van der Waals surface area contributed by atoms with Crippen LogP contribution in [0.5, 0.6) is 11.8 Å². The molecule has 1 aromatic heterocycles. The van der Waals surface area contributed by atoms with Crippen molar-refractivity contribution in [1.29, 1.82) is 0 Å². The molecule has 0 aliphatic carbocycles.